The zero-order valence-corrected chi connectivity index (χ0v) is 9.63. The van der Waals surface area contributed by atoms with Crippen LogP contribution < -0.4 is 0 Å². The van der Waals surface area contributed by atoms with E-state index in [2.05, 4.69) is 9.97 Å². The lowest BCUT2D eigenvalue weighted by atomic mass is 10.1. The van der Waals surface area contributed by atoms with Crippen molar-refractivity contribution in [2.24, 2.45) is 0 Å². The summed E-state index contributed by atoms with van der Waals surface area (Å²) in [4.78, 5) is 7.65. The molecule has 0 aliphatic heterocycles. The molecule has 1 heterocycles. The Labute approximate surface area is 102 Å². The molecule has 0 saturated carbocycles. The van der Waals surface area contributed by atoms with E-state index in [0.717, 1.165) is 11.1 Å². The first kappa shape index (κ1) is 11.3. The topological polar surface area (TPSA) is 25.8 Å². The zero-order chi connectivity index (χ0) is 11.5. The lowest BCUT2D eigenvalue weighted by Crippen LogP contribution is -1.94. The van der Waals surface area contributed by atoms with Crippen LogP contribution >= 0.6 is 23.2 Å². The molecule has 0 amide bonds. The van der Waals surface area contributed by atoms with E-state index in [-0.39, 0.29) is 11.1 Å². The molecule has 82 valence electrons. The van der Waals surface area contributed by atoms with Crippen LogP contribution in [0.3, 0.4) is 0 Å². The fourth-order valence-corrected chi connectivity index (χ4v) is 1.72. The van der Waals surface area contributed by atoms with Crippen LogP contribution in [0.25, 0.3) is 0 Å². The second-order valence-corrected chi connectivity index (χ2v) is 3.96. The fraction of sp³-hybridized carbons (Fsp3) is 0.0909. The minimum Gasteiger partial charge on any atom is -0.226 e. The summed E-state index contributed by atoms with van der Waals surface area (Å²) in [7, 11) is 0. The normalized spacial score (nSPS) is 10.4. The lowest BCUT2D eigenvalue weighted by molar-refractivity contribution is 0.626. The quantitative estimate of drug-likeness (QED) is 0.607. The van der Waals surface area contributed by atoms with E-state index < -0.39 is 0 Å². The number of halogens is 3. The molecule has 0 unspecified atom stereocenters. The van der Waals surface area contributed by atoms with Crippen LogP contribution in [0.1, 0.15) is 11.1 Å². The maximum Gasteiger partial charge on any atom is 0.223 e. The van der Waals surface area contributed by atoms with E-state index in [4.69, 9.17) is 23.2 Å². The van der Waals surface area contributed by atoms with Crippen molar-refractivity contribution in [3.63, 3.8) is 0 Å². The molecule has 1 aromatic heterocycles. The molecule has 0 bridgehead atoms. The zero-order valence-electron chi connectivity index (χ0n) is 8.12. The highest BCUT2D eigenvalue weighted by Crippen LogP contribution is 2.18. The molecular weight excluding hydrogens is 250 g/mol. The second-order valence-electron chi connectivity index (χ2n) is 3.26. The molecule has 0 fully saturated rings. The van der Waals surface area contributed by atoms with Crippen LogP contribution in [0.5, 0.6) is 0 Å². The predicted octanol–water partition coefficient (Wildman–Crippen LogP) is 3.51. The van der Waals surface area contributed by atoms with Crippen LogP contribution in [-0.4, -0.2) is 9.97 Å². The number of rotatable bonds is 2. The van der Waals surface area contributed by atoms with Crippen LogP contribution in [0.15, 0.2) is 30.5 Å². The Morgan fingerprint density at radius 1 is 1.25 bits per heavy atom. The average Bonchev–Trinajstić information content (AvgIpc) is 2.22. The Balaban J connectivity index is 2.27. The Morgan fingerprint density at radius 2 is 2.06 bits per heavy atom. The third kappa shape index (κ3) is 2.68. The number of hydrogen-bond donors (Lipinski definition) is 0. The summed E-state index contributed by atoms with van der Waals surface area (Å²) < 4.78 is 12.9. The molecule has 0 N–H and O–H groups in total. The molecule has 0 spiro atoms. The Hall–Kier alpha value is -1.19. The molecule has 1 aromatic carbocycles. The molecule has 16 heavy (non-hydrogen) atoms. The van der Waals surface area contributed by atoms with Gasteiger partial charge in [-0.25, -0.2) is 14.4 Å². The Morgan fingerprint density at radius 3 is 2.75 bits per heavy atom. The highest BCUT2D eigenvalue weighted by molar-refractivity contribution is 6.32. The second kappa shape index (κ2) is 4.76. The van der Waals surface area contributed by atoms with E-state index in [9.17, 15) is 4.39 Å². The van der Waals surface area contributed by atoms with Crippen molar-refractivity contribution < 1.29 is 4.39 Å². The largest absolute Gasteiger partial charge is 0.226 e. The van der Waals surface area contributed by atoms with E-state index in [1.165, 1.54) is 12.1 Å². The summed E-state index contributed by atoms with van der Waals surface area (Å²) >= 11 is 11.5. The van der Waals surface area contributed by atoms with Crippen molar-refractivity contribution in [3.05, 3.63) is 57.8 Å². The van der Waals surface area contributed by atoms with Gasteiger partial charge in [0.2, 0.25) is 5.28 Å². The van der Waals surface area contributed by atoms with Gasteiger partial charge in [0.15, 0.2) is 0 Å². The SMILES string of the molecule is Fc1cccc(Cc2cnc(Cl)nc2Cl)c1. The predicted molar refractivity (Wildman–Crippen MR) is 61.3 cm³/mol. The van der Waals surface area contributed by atoms with Crippen LogP contribution in [0.4, 0.5) is 4.39 Å². The minimum atomic E-state index is -0.275. The fourth-order valence-electron chi connectivity index (χ4n) is 1.35. The van der Waals surface area contributed by atoms with Gasteiger partial charge in [0.05, 0.1) is 0 Å². The van der Waals surface area contributed by atoms with Crippen molar-refractivity contribution >= 4 is 23.2 Å². The molecule has 5 heteroatoms. The Bertz CT molecular complexity index is 517. The number of benzene rings is 1. The molecule has 2 rings (SSSR count). The number of aromatic nitrogens is 2. The summed E-state index contributed by atoms with van der Waals surface area (Å²) in [6.07, 6.45) is 2.02. The van der Waals surface area contributed by atoms with Gasteiger partial charge in [-0.3, -0.25) is 0 Å². The average molecular weight is 257 g/mol. The van der Waals surface area contributed by atoms with Gasteiger partial charge >= 0.3 is 0 Å². The third-order valence-electron chi connectivity index (χ3n) is 2.07. The summed E-state index contributed by atoms with van der Waals surface area (Å²) in [5.41, 5.74) is 1.53. The maximum absolute atomic E-state index is 12.9. The van der Waals surface area contributed by atoms with Crippen LogP contribution in [0, 0.1) is 5.82 Å². The van der Waals surface area contributed by atoms with Gasteiger partial charge in [-0.1, -0.05) is 23.7 Å². The van der Waals surface area contributed by atoms with Crippen LogP contribution in [-0.2, 0) is 6.42 Å². The van der Waals surface area contributed by atoms with Gasteiger partial charge in [-0.15, -0.1) is 0 Å². The van der Waals surface area contributed by atoms with Gasteiger partial charge in [-0.05, 0) is 29.3 Å². The molecule has 2 nitrogen and oxygen atoms in total. The van der Waals surface area contributed by atoms with E-state index in [1.807, 2.05) is 6.07 Å². The van der Waals surface area contributed by atoms with Crippen molar-refractivity contribution in [1.29, 1.82) is 0 Å². The van der Waals surface area contributed by atoms with Gasteiger partial charge in [0.25, 0.3) is 0 Å². The van der Waals surface area contributed by atoms with E-state index in [0.29, 0.717) is 11.6 Å². The van der Waals surface area contributed by atoms with Gasteiger partial charge in [0, 0.05) is 18.2 Å². The number of hydrogen-bond acceptors (Lipinski definition) is 2. The molecule has 0 saturated heterocycles. The summed E-state index contributed by atoms with van der Waals surface area (Å²) in [5.74, 6) is -0.275. The maximum atomic E-state index is 12.9. The highest BCUT2D eigenvalue weighted by atomic mass is 35.5. The van der Waals surface area contributed by atoms with Gasteiger partial charge in [0.1, 0.15) is 11.0 Å². The van der Waals surface area contributed by atoms with Crippen molar-refractivity contribution in [2.75, 3.05) is 0 Å². The minimum absolute atomic E-state index is 0.105. The lowest BCUT2D eigenvalue weighted by Gasteiger charge is -2.03. The van der Waals surface area contributed by atoms with E-state index >= 15 is 0 Å². The van der Waals surface area contributed by atoms with Crippen molar-refractivity contribution in [1.82, 2.24) is 9.97 Å². The monoisotopic (exact) mass is 256 g/mol. The van der Waals surface area contributed by atoms with Crippen molar-refractivity contribution in [2.45, 2.75) is 6.42 Å². The molecule has 0 radical (unpaired) electrons. The highest BCUT2D eigenvalue weighted by Gasteiger charge is 2.05. The molecule has 2 aromatic rings. The third-order valence-corrected chi connectivity index (χ3v) is 2.58. The molecular formula is C11H7Cl2FN2. The van der Waals surface area contributed by atoms with Crippen LogP contribution in [0.2, 0.25) is 10.4 Å². The molecule has 0 atom stereocenters. The number of nitrogens with zero attached hydrogens (tertiary/aromatic N) is 2. The molecule has 0 aliphatic carbocycles. The van der Waals surface area contributed by atoms with Crippen molar-refractivity contribution in [3.8, 4) is 0 Å². The first-order chi connectivity index (χ1) is 7.65. The molecule has 0 aliphatic rings. The summed E-state index contributed by atoms with van der Waals surface area (Å²) in [6, 6.07) is 6.30. The van der Waals surface area contributed by atoms with Gasteiger partial charge < -0.3 is 0 Å². The standard InChI is InChI=1S/C11H7Cl2FN2/c12-10-8(6-15-11(13)16-10)4-7-2-1-3-9(14)5-7/h1-3,5-6H,4H2. The van der Waals surface area contributed by atoms with E-state index in [1.54, 1.807) is 12.3 Å². The first-order valence-electron chi connectivity index (χ1n) is 4.56. The Kier molecular flexibility index (Phi) is 3.36. The summed E-state index contributed by atoms with van der Waals surface area (Å²) in [5, 5.41) is 0.400. The smallest absolute Gasteiger partial charge is 0.223 e. The summed E-state index contributed by atoms with van der Waals surface area (Å²) in [6.45, 7) is 0. The van der Waals surface area contributed by atoms with Gasteiger partial charge in [-0.2, -0.15) is 0 Å². The first-order valence-corrected chi connectivity index (χ1v) is 5.32.